The molecule has 1 heterocycles. The molecule has 0 aliphatic heterocycles. The van der Waals surface area contributed by atoms with Crippen molar-refractivity contribution in [2.45, 2.75) is 71.1 Å². The molecule has 0 bridgehead atoms. The van der Waals surface area contributed by atoms with Crippen molar-refractivity contribution in [3.05, 3.63) is 42.7 Å². The first-order valence-electron chi connectivity index (χ1n) is 9.23. The van der Waals surface area contributed by atoms with Gasteiger partial charge in [-0.15, -0.1) is 0 Å². The molecule has 2 rings (SSSR count). The number of hydrogen-bond donors (Lipinski definition) is 0. The number of benzene rings is 1. The van der Waals surface area contributed by atoms with Gasteiger partial charge in [0.05, 0.1) is 0 Å². The van der Waals surface area contributed by atoms with Crippen LogP contribution in [0.5, 0.6) is 0 Å². The smallest absolute Gasteiger partial charge is 0.0346 e. The average molecular weight is 425 g/mol. The number of hydrogen-bond acceptors (Lipinski definition) is 1. The topological polar surface area (TPSA) is 12.9 Å². The van der Waals surface area contributed by atoms with Crippen molar-refractivity contribution in [3.8, 4) is 0 Å². The SMILES string of the molecule is CCCCCCCCCCCCI.c1ccc2cnccc2c1. The van der Waals surface area contributed by atoms with Gasteiger partial charge in [-0.2, -0.15) is 0 Å². The monoisotopic (exact) mass is 425 g/mol. The third-order valence-electron chi connectivity index (χ3n) is 4.04. The minimum Gasteiger partial charge on any atom is -0.264 e. The van der Waals surface area contributed by atoms with Crippen molar-refractivity contribution in [2.24, 2.45) is 0 Å². The molecule has 128 valence electrons. The van der Waals surface area contributed by atoms with Crippen LogP contribution >= 0.6 is 22.6 Å². The van der Waals surface area contributed by atoms with Gasteiger partial charge in [0.15, 0.2) is 0 Å². The predicted molar refractivity (Wildman–Crippen MR) is 112 cm³/mol. The van der Waals surface area contributed by atoms with Gasteiger partial charge in [-0.05, 0) is 27.7 Å². The Morgan fingerprint density at radius 2 is 1.30 bits per heavy atom. The Kier molecular flexibility index (Phi) is 13.2. The molecule has 1 aromatic heterocycles. The highest BCUT2D eigenvalue weighted by molar-refractivity contribution is 14.1. The van der Waals surface area contributed by atoms with Crippen LogP contribution in [-0.4, -0.2) is 9.41 Å². The van der Waals surface area contributed by atoms with E-state index in [9.17, 15) is 0 Å². The van der Waals surface area contributed by atoms with Crippen LogP contribution in [-0.2, 0) is 0 Å². The first kappa shape index (κ1) is 20.4. The van der Waals surface area contributed by atoms with Crippen molar-refractivity contribution in [1.82, 2.24) is 4.98 Å². The van der Waals surface area contributed by atoms with Crippen LogP contribution in [0.25, 0.3) is 10.8 Å². The first-order chi connectivity index (χ1) is 11.4. The van der Waals surface area contributed by atoms with Crippen LogP contribution in [0.3, 0.4) is 0 Å². The van der Waals surface area contributed by atoms with Gasteiger partial charge in [0.25, 0.3) is 0 Å². The molecule has 0 unspecified atom stereocenters. The van der Waals surface area contributed by atoms with Gasteiger partial charge >= 0.3 is 0 Å². The van der Waals surface area contributed by atoms with Gasteiger partial charge in [-0.1, -0.05) is 112 Å². The second-order valence-electron chi connectivity index (χ2n) is 6.09. The number of unbranched alkanes of at least 4 members (excludes halogenated alkanes) is 9. The maximum Gasteiger partial charge on any atom is 0.0346 e. The summed E-state index contributed by atoms with van der Waals surface area (Å²) >= 11 is 2.47. The largest absolute Gasteiger partial charge is 0.264 e. The Balaban J connectivity index is 0.000000235. The normalized spacial score (nSPS) is 10.3. The van der Waals surface area contributed by atoms with Crippen molar-refractivity contribution in [1.29, 1.82) is 0 Å². The number of aromatic nitrogens is 1. The van der Waals surface area contributed by atoms with Crippen LogP contribution in [0.15, 0.2) is 42.7 Å². The van der Waals surface area contributed by atoms with Crippen molar-refractivity contribution in [2.75, 3.05) is 4.43 Å². The molecule has 0 N–H and O–H groups in total. The van der Waals surface area contributed by atoms with E-state index < -0.39 is 0 Å². The fourth-order valence-corrected chi connectivity index (χ4v) is 3.15. The Morgan fingerprint density at radius 1 is 0.739 bits per heavy atom. The highest BCUT2D eigenvalue weighted by Crippen LogP contribution is 2.11. The number of rotatable bonds is 10. The van der Waals surface area contributed by atoms with Crippen molar-refractivity contribution in [3.63, 3.8) is 0 Å². The second-order valence-corrected chi connectivity index (χ2v) is 7.17. The lowest BCUT2D eigenvalue weighted by molar-refractivity contribution is 0.563. The summed E-state index contributed by atoms with van der Waals surface area (Å²) in [6.07, 6.45) is 18.2. The fraction of sp³-hybridized carbons (Fsp3) is 0.571. The van der Waals surface area contributed by atoms with Gasteiger partial charge in [-0.3, -0.25) is 4.98 Å². The Morgan fingerprint density at radius 3 is 1.87 bits per heavy atom. The van der Waals surface area contributed by atoms with E-state index in [1.54, 1.807) is 0 Å². The van der Waals surface area contributed by atoms with E-state index in [1.165, 1.54) is 79.4 Å². The van der Waals surface area contributed by atoms with E-state index in [4.69, 9.17) is 0 Å². The van der Waals surface area contributed by atoms with E-state index in [0.29, 0.717) is 0 Å². The van der Waals surface area contributed by atoms with Gasteiger partial charge in [0.2, 0.25) is 0 Å². The Bertz CT molecular complexity index is 422. The molecule has 2 aromatic rings. The van der Waals surface area contributed by atoms with E-state index >= 15 is 0 Å². The van der Waals surface area contributed by atoms with Crippen LogP contribution in [0, 0.1) is 0 Å². The fourth-order valence-electron chi connectivity index (χ4n) is 2.61. The molecule has 1 aromatic carbocycles. The molecule has 2 heteroatoms. The second kappa shape index (κ2) is 14.9. The maximum absolute atomic E-state index is 4.01. The molecule has 0 fully saturated rings. The zero-order chi connectivity index (χ0) is 16.6. The van der Waals surface area contributed by atoms with E-state index in [2.05, 4.69) is 46.6 Å². The third-order valence-corrected chi connectivity index (χ3v) is 4.80. The summed E-state index contributed by atoms with van der Waals surface area (Å²) in [7, 11) is 0. The molecule has 0 atom stereocenters. The molecule has 0 spiro atoms. The van der Waals surface area contributed by atoms with Gasteiger partial charge in [0, 0.05) is 12.4 Å². The average Bonchev–Trinajstić information content (AvgIpc) is 2.61. The number of fused-ring (bicyclic) bond motifs is 1. The molecule has 0 saturated heterocycles. The lowest BCUT2D eigenvalue weighted by atomic mass is 10.1. The number of halogens is 1. The minimum absolute atomic E-state index is 1.20. The molecular weight excluding hydrogens is 393 g/mol. The summed E-state index contributed by atoms with van der Waals surface area (Å²) in [5.41, 5.74) is 0. The lowest BCUT2D eigenvalue weighted by Crippen LogP contribution is -1.81. The third kappa shape index (κ3) is 10.7. The zero-order valence-electron chi connectivity index (χ0n) is 14.6. The zero-order valence-corrected chi connectivity index (χ0v) is 16.8. The van der Waals surface area contributed by atoms with Crippen LogP contribution < -0.4 is 0 Å². The lowest BCUT2D eigenvalue weighted by Gasteiger charge is -2.00. The highest BCUT2D eigenvalue weighted by Gasteiger charge is 1.91. The molecule has 0 radical (unpaired) electrons. The summed E-state index contributed by atoms with van der Waals surface area (Å²) in [5, 5.41) is 2.45. The number of nitrogens with zero attached hydrogens (tertiary/aromatic N) is 1. The number of alkyl halides is 1. The molecule has 0 aliphatic carbocycles. The summed E-state index contributed by atoms with van der Waals surface area (Å²) in [6, 6.07) is 10.2. The minimum atomic E-state index is 1.20. The van der Waals surface area contributed by atoms with E-state index in [0.717, 1.165) is 0 Å². The number of pyridine rings is 1. The molecule has 1 nitrogen and oxygen atoms in total. The van der Waals surface area contributed by atoms with Crippen molar-refractivity contribution < 1.29 is 0 Å². The van der Waals surface area contributed by atoms with Gasteiger partial charge in [-0.25, -0.2) is 0 Å². The Labute approximate surface area is 156 Å². The van der Waals surface area contributed by atoms with Crippen LogP contribution in [0.2, 0.25) is 0 Å². The van der Waals surface area contributed by atoms with E-state index in [-0.39, 0.29) is 0 Å². The quantitative estimate of drug-likeness (QED) is 0.217. The van der Waals surface area contributed by atoms with Crippen molar-refractivity contribution >= 4 is 33.4 Å². The molecular formula is C21H32IN. The summed E-state index contributed by atoms with van der Waals surface area (Å²) in [5.74, 6) is 0. The summed E-state index contributed by atoms with van der Waals surface area (Å²) in [4.78, 5) is 4.01. The first-order valence-corrected chi connectivity index (χ1v) is 10.8. The van der Waals surface area contributed by atoms with Crippen LogP contribution in [0.1, 0.15) is 71.1 Å². The van der Waals surface area contributed by atoms with Gasteiger partial charge in [0.1, 0.15) is 0 Å². The molecule has 0 amide bonds. The summed E-state index contributed by atoms with van der Waals surface area (Å²) in [6.45, 7) is 2.28. The molecule has 0 saturated carbocycles. The molecule has 0 aliphatic rings. The summed E-state index contributed by atoms with van der Waals surface area (Å²) < 4.78 is 1.34. The Hall–Kier alpha value is -0.640. The standard InChI is InChI=1S/C12H25I.C9H7N/c1-2-3-4-5-6-7-8-9-10-11-12-13;1-2-4-9-7-10-6-5-8(9)3-1/h2-12H2,1H3;1-7H. The maximum atomic E-state index is 4.01. The highest BCUT2D eigenvalue weighted by atomic mass is 127. The van der Waals surface area contributed by atoms with Crippen LogP contribution in [0.4, 0.5) is 0 Å². The predicted octanol–water partition coefficient (Wildman–Crippen LogP) is 7.58. The van der Waals surface area contributed by atoms with E-state index in [1.807, 2.05) is 30.6 Å². The van der Waals surface area contributed by atoms with Gasteiger partial charge < -0.3 is 0 Å². The molecule has 23 heavy (non-hydrogen) atoms.